The summed E-state index contributed by atoms with van der Waals surface area (Å²) in [5.74, 6) is -2.15. The van der Waals surface area contributed by atoms with Crippen molar-refractivity contribution in [2.24, 2.45) is 11.8 Å². The Kier molecular flexibility index (Phi) is 10.3. The Morgan fingerprint density at radius 1 is 1.06 bits per heavy atom. The number of amides is 4. The van der Waals surface area contributed by atoms with E-state index in [1.54, 1.807) is 0 Å². The predicted octanol–water partition coefficient (Wildman–Crippen LogP) is 4.12. The number of hydrogen-bond acceptors (Lipinski definition) is 9. The van der Waals surface area contributed by atoms with Crippen LogP contribution in [0.25, 0.3) is 17.0 Å². The highest BCUT2D eigenvalue weighted by Crippen LogP contribution is 2.45. The highest BCUT2D eigenvalue weighted by Gasteiger charge is 2.62. The van der Waals surface area contributed by atoms with Crippen molar-refractivity contribution in [3.63, 3.8) is 0 Å². The van der Waals surface area contributed by atoms with E-state index in [2.05, 4.69) is 21.9 Å². The maximum absolute atomic E-state index is 14.7. The number of cyclic esters (lactones) is 1. The van der Waals surface area contributed by atoms with E-state index < -0.39 is 68.7 Å². The molecule has 3 saturated carbocycles. The van der Waals surface area contributed by atoms with E-state index in [-0.39, 0.29) is 31.9 Å². The Hall–Kier alpha value is -4.46. The van der Waals surface area contributed by atoms with Gasteiger partial charge in [-0.1, -0.05) is 55.7 Å². The molecule has 0 radical (unpaired) electrons. The van der Waals surface area contributed by atoms with Gasteiger partial charge in [0, 0.05) is 23.3 Å². The number of rotatable bonds is 7. The number of sulfonamides is 1. The highest BCUT2D eigenvalue weighted by atomic mass is 32.2. The van der Waals surface area contributed by atoms with Crippen molar-refractivity contribution in [3.05, 3.63) is 54.6 Å². The van der Waals surface area contributed by atoms with Crippen LogP contribution in [0.15, 0.2) is 49.1 Å². The van der Waals surface area contributed by atoms with Crippen molar-refractivity contribution in [1.29, 1.82) is 0 Å². The lowest BCUT2D eigenvalue weighted by molar-refractivity contribution is -0.142. The van der Waals surface area contributed by atoms with E-state index in [0.717, 1.165) is 61.4 Å². The lowest BCUT2D eigenvalue weighted by atomic mass is 9.83. The summed E-state index contributed by atoms with van der Waals surface area (Å²) in [7, 11) is -3.88. The molecule has 14 heteroatoms. The maximum Gasteiger partial charge on any atom is 0.407 e. The number of aromatic nitrogens is 1. The van der Waals surface area contributed by atoms with Gasteiger partial charge < -0.3 is 25.0 Å². The first kappa shape index (κ1) is 35.9. The van der Waals surface area contributed by atoms with Gasteiger partial charge in [-0.25, -0.2) is 18.2 Å². The molecule has 0 unspecified atom stereocenters. The number of nitrogens with zero attached hydrogens (tertiary/aromatic N) is 2. The van der Waals surface area contributed by atoms with E-state index in [9.17, 15) is 27.6 Å². The number of nitrogens with one attached hydrogen (secondary N) is 3. The summed E-state index contributed by atoms with van der Waals surface area (Å²) >= 11 is 0. The topological polar surface area (TPSA) is 173 Å². The molecule has 4 fully saturated rings. The molecular formula is C38H47N5O8S. The average molecular weight is 734 g/mol. The van der Waals surface area contributed by atoms with Gasteiger partial charge in [0.2, 0.25) is 27.7 Å². The molecule has 0 spiro atoms. The average Bonchev–Trinajstić information content (AvgIpc) is 4.07. The third-order valence-corrected chi connectivity index (χ3v) is 12.9. The van der Waals surface area contributed by atoms with E-state index in [1.807, 2.05) is 42.5 Å². The number of fused-ring (bicyclic) bond motifs is 4. The normalized spacial score (nSPS) is 29.4. The summed E-state index contributed by atoms with van der Waals surface area (Å²) in [6, 6.07) is 7.67. The number of hydrogen-bond donors (Lipinski definition) is 3. The van der Waals surface area contributed by atoms with E-state index >= 15 is 0 Å². The number of carbonyl (C=O) groups excluding carboxylic acids is 4. The number of pyridine rings is 1. The number of para-hydroxylation sites is 1. The van der Waals surface area contributed by atoms with Crippen molar-refractivity contribution in [3.8, 4) is 5.88 Å². The van der Waals surface area contributed by atoms with Crippen LogP contribution in [0.5, 0.6) is 5.88 Å². The van der Waals surface area contributed by atoms with E-state index in [0.29, 0.717) is 25.1 Å². The summed E-state index contributed by atoms with van der Waals surface area (Å²) in [5.41, 5.74) is -0.0391. The van der Waals surface area contributed by atoms with E-state index in [4.69, 9.17) is 14.5 Å². The molecule has 2 aromatic rings. The van der Waals surface area contributed by atoms with Gasteiger partial charge in [-0.2, -0.15) is 0 Å². The lowest BCUT2D eigenvalue weighted by Gasteiger charge is -2.34. The third-order valence-electron chi connectivity index (χ3n) is 11.0. The number of ether oxygens (including phenoxy) is 2. The highest BCUT2D eigenvalue weighted by molar-refractivity contribution is 7.91. The summed E-state index contributed by atoms with van der Waals surface area (Å²) < 4.78 is 39.7. The van der Waals surface area contributed by atoms with Gasteiger partial charge in [-0.3, -0.25) is 19.1 Å². The minimum absolute atomic E-state index is 0.0225. The number of carbonyl (C=O) groups is 4. The standard InChI is InChI=1S/C38H47N5O8S/c1-2-27-22-38(27,36(46)42-52(48,49)29-17-18-29)41-33(44)31-21-28-23-43(31)35(45)32(24-12-7-5-8-13-24)40-37(47)50-19-11-4-3-6-15-26-20-25-14-9-10-16-30(25)39-34(26)51-28/h2,6,9-10,14-16,20,24,27-29,31-32H,1,3-5,7-8,11-13,17-19,21-23H2,(H,40,47)(H,41,44)(H,42,46)/b15-6+/t27-,28+,31-,32-,38-/m0/s1. The molecule has 2 bridgehead atoms. The van der Waals surface area contributed by atoms with Gasteiger partial charge in [0.25, 0.3) is 5.91 Å². The first-order valence-corrected chi connectivity index (χ1v) is 20.1. The van der Waals surface area contributed by atoms with Crippen molar-refractivity contribution in [1.82, 2.24) is 25.2 Å². The SMILES string of the molecule is C=C[C@H]1C[C@@]1(NC(=O)[C@@H]1C[C@@H]2CN1C(=O)[C@H](C1CCCCC1)NC(=O)OCCCC/C=C/c1cc3ccccc3nc1O2)C(=O)NS(=O)(=O)C1CC1. The molecule has 5 atom stereocenters. The molecular weight excluding hydrogens is 687 g/mol. The molecule has 13 nitrogen and oxygen atoms in total. The Morgan fingerprint density at radius 3 is 2.60 bits per heavy atom. The maximum atomic E-state index is 14.7. The second-order valence-corrected chi connectivity index (χ2v) is 16.8. The molecule has 3 aliphatic carbocycles. The second-order valence-electron chi connectivity index (χ2n) is 14.8. The molecule has 1 aromatic carbocycles. The fraction of sp³-hybridized carbons (Fsp3) is 0.553. The molecule has 52 heavy (non-hydrogen) atoms. The largest absolute Gasteiger partial charge is 0.472 e. The molecule has 3 heterocycles. The van der Waals surface area contributed by atoms with Crippen LogP contribution in [-0.4, -0.2) is 84.2 Å². The third kappa shape index (κ3) is 7.67. The van der Waals surface area contributed by atoms with Crippen molar-refractivity contribution >= 4 is 50.8 Å². The van der Waals surface area contributed by atoms with Crippen LogP contribution >= 0.6 is 0 Å². The van der Waals surface area contributed by atoms with Gasteiger partial charge in [0.1, 0.15) is 23.7 Å². The predicted molar refractivity (Wildman–Crippen MR) is 193 cm³/mol. The summed E-state index contributed by atoms with van der Waals surface area (Å²) in [6.07, 6.45) is 11.8. The fourth-order valence-electron chi connectivity index (χ4n) is 7.82. The monoisotopic (exact) mass is 733 g/mol. The Morgan fingerprint density at radius 2 is 1.85 bits per heavy atom. The van der Waals surface area contributed by atoms with Gasteiger partial charge in [-0.15, -0.1) is 6.58 Å². The Balaban J connectivity index is 1.21. The zero-order chi connectivity index (χ0) is 36.5. The summed E-state index contributed by atoms with van der Waals surface area (Å²) in [4.78, 5) is 61.9. The summed E-state index contributed by atoms with van der Waals surface area (Å²) in [5, 5.41) is 6.00. The summed E-state index contributed by atoms with van der Waals surface area (Å²) in [6.45, 7) is 4.01. The van der Waals surface area contributed by atoms with Crippen molar-refractivity contribution in [2.75, 3.05) is 13.2 Å². The van der Waals surface area contributed by atoms with E-state index in [1.165, 1.54) is 11.0 Å². The van der Waals surface area contributed by atoms with Gasteiger partial charge in [0.05, 0.1) is 23.9 Å². The Bertz CT molecular complexity index is 1870. The molecule has 1 aromatic heterocycles. The lowest BCUT2D eigenvalue weighted by Crippen LogP contribution is -2.59. The minimum Gasteiger partial charge on any atom is -0.472 e. The van der Waals surface area contributed by atoms with Gasteiger partial charge >= 0.3 is 6.09 Å². The number of alkyl carbamates (subject to hydrolysis) is 1. The quantitative estimate of drug-likeness (QED) is 0.354. The molecule has 2 aliphatic heterocycles. The molecule has 278 valence electrons. The Labute approximate surface area is 304 Å². The molecule has 4 amide bonds. The van der Waals surface area contributed by atoms with Crippen LogP contribution in [0.1, 0.15) is 82.6 Å². The molecule has 7 rings (SSSR count). The van der Waals surface area contributed by atoms with Crippen LogP contribution in [0, 0.1) is 11.8 Å². The smallest absolute Gasteiger partial charge is 0.407 e. The van der Waals surface area contributed by atoms with Crippen molar-refractivity contribution < 1.29 is 37.1 Å². The number of benzene rings is 1. The minimum atomic E-state index is -3.88. The zero-order valence-electron chi connectivity index (χ0n) is 29.3. The molecule has 3 N–H and O–H groups in total. The second kappa shape index (κ2) is 14.9. The van der Waals surface area contributed by atoms with Gasteiger partial charge in [0.15, 0.2) is 0 Å². The first-order chi connectivity index (χ1) is 25.1. The first-order valence-electron chi connectivity index (χ1n) is 18.6. The van der Waals surface area contributed by atoms with Crippen LogP contribution < -0.4 is 20.1 Å². The van der Waals surface area contributed by atoms with Crippen LogP contribution in [0.3, 0.4) is 0 Å². The number of allylic oxidation sites excluding steroid dienone is 1. The zero-order valence-corrected chi connectivity index (χ0v) is 30.1. The van der Waals surface area contributed by atoms with Crippen LogP contribution in [-0.2, 0) is 29.1 Å². The van der Waals surface area contributed by atoms with Crippen LogP contribution in [0.4, 0.5) is 4.79 Å². The molecule has 5 aliphatic rings. The van der Waals surface area contributed by atoms with Crippen molar-refractivity contribution in [2.45, 2.75) is 106 Å². The molecule has 1 saturated heterocycles. The van der Waals surface area contributed by atoms with Crippen LogP contribution in [0.2, 0.25) is 0 Å². The van der Waals surface area contributed by atoms with Gasteiger partial charge in [-0.05, 0) is 69.4 Å². The fourth-order valence-corrected chi connectivity index (χ4v) is 9.18.